The molecule has 0 aromatic heterocycles. The Morgan fingerprint density at radius 3 is 2.45 bits per heavy atom. The van der Waals surface area contributed by atoms with Gasteiger partial charge in [-0.1, -0.05) is 73.5 Å². The summed E-state index contributed by atoms with van der Waals surface area (Å²) >= 11 is 0. The van der Waals surface area contributed by atoms with Crippen LogP contribution in [-0.2, 0) is 16.9 Å². The van der Waals surface area contributed by atoms with E-state index < -0.39 is 11.8 Å². The molecule has 5 nitrogen and oxygen atoms in total. The van der Waals surface area contributed by atoms with E-state index in [1.807, 2.05) is 36.4 Å². The molecule has 1 saturated heterocycles. The Balaban J connectivity index is 1.29. The summed E-state index contributed by atoms with van der Waals surface area (Å²) in [5.41, 5.74) is 7.00. The van der Waals surface area contributed by atoms with Crippen LogP contribution < -0.4 is 11.1 Å². The van der Waals surface area contributed by atoms with Gasteiger partial charge in [0.25, 0.3) is 5.91 Å². The van der Waals surface area contributed by atoms with Crippen molar-refractivity contribution >= 4 is 5.91 Å². The zero-order valence-electron chi connectivity index (χ0n) is 18.0. The van der Waals surface area contributed by atoms with Crippen LogP contribution in [-0.4, -0.2) is 35.2 Å². The van der Waals surface area contributed by atoms with Crippen LogP contribution in [0, 0.1) is 17.3 Å². The van der Waals surface area contributed by atoms with E-state index in [2.05, 4.69) is 34.5 Å². The Bertz CT molecular complexity index is 915. The second-order valence-electron chi connectivity index (χ2n) is 9.85. The topological polar surface area (TPSA) is 78.6 Å². The number of hydrogen-bond donors (Lipinski definition) is 3. The molecule has 3 fully saturated rings. The van der Waals surface area contributed by atoms with E-state index in [-0.39, 0.29) is 17.2 Å². The van der Waals surface area contributed by atoms with Gasteiger partial charge in [0.1, 0.15) is 0 Å². The highest BCUT2D eigenvalue weighted by Gasteiger charge is 2.63. The predicted molar refractivity (Wildman–Crippen MR) is 121 cm³/mol. The number of piperidine rings is 1. The summed E-state index contributed by atoms with van der Waals surface area (Å²) in [5, 5.41) is 14.8. The fourth-order valence-corrected chi connectivity index (χ4v) is 6.06. The van der Waals surface area contributed by atoms with Crippen LogP contribution >= 0.6 is 0 Å². The molecule has 1 amide bonds. The first-order valence-corrected chi connectivity index (χ1v) is 11.6. The normalized spacial score (nSPS) is 28.6. The molecule has 5 rings (SSSR count). The third kappa shape index (κ3) is 3.69. The first-order chi connectivity index (χ1) is 15.0. The van der Waals surface area contributed by atoms with Crippen molar-refractivity contribution in [2.24, 2.45) is 23.0 Å². The van der Waals surface area contributed by atoms with Crippen LogP contribution in [0.4, 0.5) is 0 Å². The number of nitrogens with one attached hydrogen (secondary N) is 1. The Morgan fingerprint density at radius 2 is 1.77 bits per heavy atom. The number of hydrogen-bond acceptors (Lipinski definition) is 4. The van der Waals surface area contributed by atoms with Gasteiger partial charge in [-0.3, -0.25) is 9.69 Å². The summed E-state index contributed by atoms with van der Waals surface area (Å²) in [5.74, 6) is 0.121. The molecule has 1 heterocycles. The van der Waals surface area contributed by atoms with Crippen LogP contribution in [0.15, 0.2) is 60.7 Å². The van der Waals surface area contributed by atoms with Crippen molar-refractivity contribution in [1.29, 1.82) is 0 Å². The molecule has 3 unspecified atom stereocenters. The first kappa shape index (κ1) is 20.7. The van der Waals surface area contributed by atoms with E-state index in [0.29, 0.717) is 11.5 Å². The second kappa shape index (κ2) is 8.05. The summed E-state index contributed by atoms with van der Waals surface area (Å²) in [6.45, 7) is 2.82. The molecule has 164 valence electrons. The SMILES string of the molecule is NC(NC(=O)[C@@](O)(c1ccccc1)C1CCCC1)C12CC1CN(Cc1ccccc1)C2. The van der Waals surface area contributed by atoms with Crippen LogP contribution in [0.1, 0.15) is 43.2 Å². The number of nitrogens with two attached hydrogens (primary N) is 1. The molecule has 31 heavy (non-hydrogen) atoms. The van der Waals surface area contributed by atoms with Gasteiger partial charge in [0.2, 0.25) is 0 Å². The van der Waals surface area contributed by atoms with Gasteiger partial charge in [0.15, 0.2) is 5.60 Å². The van der Waals surface area contributed by atoms with Gasteiger partial charge in [-0.2, -0.15) is 0 Å². The minimum Gasteiger partial charge on any atom is -0.375 e. The fourth-order valence-electron chi connectivity index (χ4n) is 6.06. The van der Waals surface area contributed by atoms with Crippen molar-refractivity contribution in [2.45, 2.75) is 50.4 Å². The maximum absolute atomic E-state index is 13.5. The monoisotopic (exact) mass is 419 g/mol. The zero-order valence-corrected chi connectivity index (χ0v) is 18.0. The van der Waals surface area contributed by atoms with E-state index in [9.17, 15) is 9.90 Å². The molecule has 4 atom stereocenters. The maximum atomic E-state index is 13.5. The van der Waals surface area contributed by atoms with Crippen molar-refractivity contribution < 1.29 is 9.90 Å². The lowest BCUT2D eigenvalue weighted by Gasteiger charge is -2.35. The lowest BCUT2D eigenvalue weighted by Crippen LogP contribution is -2.57. The molecule has 4 N–H and O–H groups in total. The number of likely N-dealkylation sites (tertiary alicyclic amines) is 1. The maximum Gasteiger partial charge on any atom is 0.258 e. The first-order valence-electron chi connectivity index (χ1n) is 11.6. The largest absolute Gasteiger partial charge is 0.375 e. The molecule has 0 spiro atoms. The highest BCUT2D eigenvalue weighted by atomic mass is 16.3. The molecule has 3 aliphatic rings. The van der Waals surface area contributed by atoms with E-state index in [1.165, 1.54) is 5.56 Å². The van der Waals surface area contributed by atoms with Crippen molar-refractivity contribution in [3.63, 3.8) is 0 Å². The van der Waals surface area contributed by atoms with Gasteiger partial charge >= 0.3 is 0 Å². The number of aliphatic hydroxyl groups is 1. The molecular formula is C26H33N3O2. The number of nitrogens with zero attached hydrogens (tertiary/aromatic N) is 1. The van der Waals surface area contributed by atoms with Gasteiger partial charge in [-0.25, -0.2) is 0 Å². The summed E-state index contributed by atoms with van der Waals surface area (Å²) in [6.07, 6.45) is 4.45. The zero-order chi connectivity index (χ0) is 21.5. The summed E-state index contributed by atoms with van der Waals surface area (Å²) in [6, 6.07) is 19.9. The van der Waals surface area contributed by atoms with Crippen LogP contribution in [0.2, 0.25) is 0 Å². The van der Waals surface area contributed by atoms with Gasteiger partial charge in [0.05, 0.1) is 6.17 Å². The highest BCUT2D eigenvalue weighted by molar-refractivity contribution is 5.87. The van der Waals surface area contributed by atoms with E-state index in [1.54, 1.807) is 0 Å². The van der Waals surface area contributed by atoms with Crippen LogP contribution in [0.5, 0.6) is 0 Å². The lowest BCUT2D eigenvalue weighted by atomic mass is 9.79. The number of benzene rings is 2. The molecule has 2 saturated carbocycles. The Morgan fingerprint density at radius 1 is 1.13 bits per heavy atom. The van der Waals surface area contributed by atoms with Gasteiger partial charge in [-0.15, -0.1) is 0 Å². The molecule has 5 heteroatoms. The third-order valence-corrected chi connectivity index (χ3v) is 7.94. The molecule has 2 aliphatic carbocycles. The van der Waals surface area contributed by atoms with Crippen LogP contribution in [0.25, 0.3) is 0 Å². The quantitative estimate of drug-likeness (QED) is 0.603. The van der Waals surface area contributed by atoms with Gasteiger partial charge in [-0.05, 0) is 36.3 Å². The smallest absolute Gasteiger partial charge is 0.258 e. The molecule has 0 radical (unpaired) electrons. The van der Waals surface area contributed by atoms with Crippen LogP contribution in [0.3, 0.4) is 0 Å². The fraction of sp³-hybridized carbons (Fsp3) is 0.500. The number of carbonyl (C=O) groups excluding carboxylic acids is 1. The van der Waals surface area contributed by atoms with Crippen molar-refractivity contribution in [2.75, 3.05) is 13.1 Å². The lowest BCUT2D eigenvalue weighted by molar-refractivity contribution is -0.148. The summed E-state index contributed by atoms with van der Waals surface area (Å²) in [7, 11) is 0. The molecule has 1 aliphatic heterocycles. The number of amides is 1. The minimum absolute atomic E-state index is 0.0623. The average Bonchev–Trinajstić information content (AvgIpc) is 3.13. The summed E-state index contributed by atoms with van der Waals surface area (Å²) in [4.78, 5) is 15.9. The summed E-state index contributed by atoms with van der Waals surface area (Å²) < 4.78 is 0. The van der Waals surface area contributed by atoms with E-state index in [4.69, 9.17) is 5.73 Å². The Labute approximate surface area is 184 Å². The Kier molecular flexibility index (Phi) is 5.37. The average molecular weight is 420 g/mol. The van der Waals surface area contributed by atoms with Crippen molar-refractivity contribution in [3.8, 4) is 0 Å². The highest BCUT2D eigenvalue weighted by Crippen LogP contribution is 2.59. The molecular weight excluding hydrogens is 386 g/mol. The molecule has 0 bridgehead atoms. The van der Waals surface area contributed by atoms with E-state index >= 15 is 0 Å². The van der Waals surface area contributed by atoms with Crippen molar-refractivity contribution in [3.05, 3.63) is 71.8 Å². The number of fused-ring (bicyclic) bond motifs is 1. The van der Waals surface area contributed by atoms with Gasteiger partial charge < -0.3 is 16.2 Å². The third-order valence-electron chi connectivity index (χ3n) is 7.94. The predicted octanol–water partition coefficient (Wildman–Crippen LogP) is 2.99. The standard InChI is InChI=1S/C26H33N3O2/c27-23(25-15-22(25)17-29(18-25)16-19-9-3-1-4-10-19)28-24(30)26(31,21-13-7-8-14-21)20-11-5-2-6-12-20/h1-6,9-12,21-23,31H,7-8,13-18,27H2,(H,28,30)/t22?,23?,25?,26-/m1/s1. The minimum atomic E-state index is -1.52. The second-order valence-corrected chi connectivity index (χ2v) is 9.85. The number of carbonyl (C=O) groups is 1. The van der Waals surface area contributed by atoms with Gasteiger partial charge in [0, 0.05) is 31.0 Å². The molecule has 2 aromatic rings. The van der Waals surface area contributed by atoms with E-state index in [0.717, 1.165) is 51.7 Å². The molecule has 2 aromatic carbocycles. The van der Waals surface area contributed by atoms with Crippen molar-refractivity contribution in [1.82, 2.24) is 10.2 Å². The number of rotatable bonds is 7. The Hall–Kier alpha value is -2.21.